The van der Waals surface area contributed by atoms with Gasteiger partial charge in [-0.05, 0) is 12.1 Å². The van der Waals surface area contributed by atoms with Crippen LogP contribution in [0.4, 0.5) is 0 Å². The van der Waals surface area contributed by atoms with Gasteiger partial charge in [0.2, 0.25) is 0 Å². The summed E-state index contributed by atoms with van der Waals surface area (Å²) < 4.78 is 0.968. The third kappa shape index (κ3) is 2.54. The van der Waals surface area contributed by atoms with Crippen LogP contribution in [-0.2, 0) is 6.54 Å². The first kappa shape index (κ1) is 12.2. The number of nitrogens with zero attached hydrogens (tertiary/aromatic N) is 1. The molecule has 2 rings (SSSR count). The normalized spacial score (nSPS) is 10.5. The van der Waals surface area contributed by atoms with Gasteiger partial charge in [0.1, 0.15) is 9.88 Å². The third-order valence-corrected chi connectivity index (χ3v) is 3.84. The van der Waals surface area contributed by atoms with Gasteiger partial charge in [0, 0.05) is 16.6 Å². The van der Waals surface area contributed by atoms with Crippen LogP contribution in [0.15, 0.2) is 28.7 Å². The van der Waals surface area contributed by atoms with Gasteiger partial charge in [-0.15, -0.1) is 11.3 Å². The van der Waals surface area contributed by atoms with E-state index in [4.69, 9.17) is 10.8 Å². The highest BCUT2D eigenvalue weighted by Gasteiger charge is 2.16. The molecular weight excluding hydrogens is 304 g/mol. The Morgan fingerprint density at radius 2 is 2.06 bits per heavy atom. The van der Waals surface area contributed by atoms with E-state index in [0.717, 1.165) is 21.4 Å². The first-order valence-electron chi connectivity index (χ1n) is 4.81. The fraction of sp³-hybridized carbons (Fsp3) is 0.0909. The second-order valence-electron chi connectivity index (χ2n) is 3.31. The number of halogens is 1. The van der Waals surface area contributed by atoms with Crippen molar-refractivity contribution in [1.29, 1.82) is 0 Å². The molecule has 1 aromatic carbocycles. The van der Waals surface area contributed by atoms with Crippen LogP contribution in [0.25, 0.3) is 10.6 Å². The highest BCUT2D eigenvalue weighted by Crippen LogP contribution is 2.28. The molecule has 1 aromatic heterocycles. The van der Waals surface area contributed by atoms with Crippen LogP contribution in [0.1, 0.15) is 15.4 Å². The smallest absolute Gasteiger partial charge is 0.347 e. The predicted molar refractivity (Wildman–Crippen MR) is 70.1 cm³/mol. The summed E-state index contributed by atoms with van der Waals surface area (Å²) >= 11 is 4.49. The molecule has 0 amide bonds. The van der Waals surface area contributed by atoms with Crippen molar-refractivity contribution < 1.29 is 9.90 Å². The highest BCUT2D eigenvalue weighted by atomic mass is 79.9. The van der Waals surface area contributed by atoms with Crippen molar-refractivity contribution in [1.82, 2.24) is 4.98 Å². The summed E-state index contributed by atoms with van der Waals surface area (Å²) in [5.74, 6) is -0.980. The van der Waals surface area contributed by atoms with Crippen LogP contribution < -0.4 is 5.73 Å². The number of rotatable bonds is 3. The van der Waals surface area contributed by atoms with Crippen molar-refractivity contribution in [2.75, 3.05) is 0 Å². The minimum absolute atomic E-state index is 0.134. The average Bonchev–Trinajstić information content (AvgIpc) is 2.74. The fourth-order valence-corrected chi connectivity index (χ4v) is 2.57. The van der Waals surface area contributed by atoms with Crippen molar-refractivity contribution in [2.24, 2.45) is 5.73 Å². The maximum atomic E-state index is 11.0. The minimum atomic E-state index is -0.980. The van der Waals surface area contributed by atoms with E-state index >= 15 is 0 Å². The van der Waals surface area contributed by atoms with Crippen LogP contribution in [0, 0.1) is 0 Å². The molecule has 1 heterocycles. The van der Waals surface area contributed by atoms with Crippen molar-refractivity contribution in [3.63, 3.8) is 0 Å². The molecule has 0 spiro atoms. The van der Waals surface area contributed by atoms with Gasteiger partial charge in [0.25, 0.3) is 0 Å². The van der Waals surface area contributed by atoms with E-state index < -0.39 is 5.97 Å². The summed E-state index contributed by atoms with van der Waals surface area (Å²) in [6, 6.07) is 7.54. The van der Waals surface area contributed by atoms with E-state index in [0.29, 0.717) is 10.7 Å². The summed E-state index contributed by atoms with van der Waals surface area (Å²) in [7, 11) is 0. The van der Waals surface area contributed by atoms with Crippen molar-refractivity contribution in [3.05, 3.63) is 39.3 Å². The number of carboxylic acid groups (broad SMARTS) is 1. The molecule has 0 unspecified atom stereocenters. The Morgan fingerprint density at radius 1 is 1.41 bits per heavy atom. The van der Waals surface area contributed by atoms with E-state index in [1.807, 2.05) is 24.3 Å². The zero-order valence-electron chi connectivity index (χ0n) is 8.68. The highest BCUT2D eigenvalue weighted by molar-refractivity contribution is 9.10. The molecule has 0 aliphatic carbocycles. The number of benzene rings is 1. The summed E-state index contributed by atoms with van der Waals surface area (Å²) in [6.45, 7) is 0.134. The van der Waals surface area contributed by atoms with E-state index in [9.17, 15) is 4.79 Å². The molecule has 6 heteroatoms. The lowest BCUT2D eigenvalue weighted by atomic mass is 10.2. The second-order valence-corrected chi connectivity index (χ2v) is 5.23. The van der Waals surface area contributed by atoms with Crippen molar-refractivity contribution in [3.8, 4) is 10.6 Å². The van der Waals surface area contributed by atoms with E-state index in [-0.39, 0.29) is 11.4 Å². The number of carboxylic acids is 1. The van der Waals surface area contributed by atoms with Gasteiger partial charge in [0.05, 0.1) is 5.69 Å². The van der Waals surface area contributed by atoms with Gasteiger partial charge in [-0.2, -0.15) is 0 Å². The van der Waals surface area contributed by atoms with Crippen LogP contribution in [0.2, 0.25) is 0 Å². The Hall–Kier alpha value is -1.24. The SMILES string of the molecule is NCc1nc(-c2ccc(Br)cc2)sc1C(=O)O. The van der Waals surface area contributed by atoms with Gasteiger partial charge < -0.3 is 10.8 Å². The molecule has 17 heavy (non-hydrogen) atoms. The van der Waals surface area contributed by atoms with Crippen LogP contribution in [0.5, 0.6) is 0 Å². The monoisotopic (exact) mass is 312 g/mol. The molecule has 0 saturated heterocycles. The molecule has 88 valence electrons. The average molecular weight is 313 g/mol. The van der Waals surface area contributed by atoms with Gasteiger partial charge >= 0.3 is 5.97 Å². The van der Waals surface area contributed by atoms with Gasteiger partial charge in [-0.3, -0.25) is 0 Å². The first-order chi connectivity index (χ1) is 8.11. The van der Waals surface area contributed by atoms with E-state index in [2.05, 4.69) is 20.9 Å². The number of nitrogens with two attached hydrogens (primary N) is 1. The first-order valence-corrected chi connectivity index (χ1v) is 6.41. The van der Waals surface area contributed by atoms with Crippen LogP contribution in [0.3, 0.4) is 0 Å². The Kier molecular flexibility index (Phi) is 3.56. The van der Waals surface area contributed by atoms with Crippen molar-refractivity contribution in [2.45, 2.75) is 6.54 Å². The van der Waals surface area contributed by atoms with Crippen molar-refractivity contribution >= 4 is 33.2 Å². The lowest BCUT2D eigenvalue weighted by Gasteiger charge is -1.95. The molecule has 3 N–H and O–H groups in total. The molecule has 0 fully saturated rings. The lowest BCUT2D eigenvalue weighted by molar-refractivity contribution is 0.0700. The molecule has 0 aliphatic rings. The van der Waals surface area contributed by atoms with E-state index in [1.54, 1.807) is 0 Å². The molecule has 0 atom stereocenters. The summed E-state index contributed by atoms with van der Waals surface area (Å²) in [6.07, 6.45) is 0. The largest absolute Gasteiger partial charge is 0.477 e. The third-order valence-electron chi connectivity index (χ3n) is 2.18. The Bertz CT molecular complexity index is 551. The molecule has 0 bridgehead atoms. The molecule has 2 aromatic rings. The lowest BCUT2D eigenvalue weighted by Crippen LogP contribution is -2.04. The Labute approximate surface area is 110 Å². The van der Waals surface area contributed by atoms with Crippen LogP contribution >= 0.6 is 27.3 Å². The quantitative estimate of drug-likeness (QED) is 0.913. The Balaban J connectivity index is 2.46. The maximum Gasteiger partial charge on any atom is 0.347 e. The zero-order chi connectivity index (χ0) is 12.4. The number of hydrogen-bond acceptors (Lipinski definition) is 4. The summed E-state index contributed by atoms with van der Waals surface area (Å²) in [5, 5.41) is 9.68. The molecule has 4 nitrogen and oxygen atoms in total. The number of aromatic nitrogens is 1. The maximum absolute atomic E-state index is 11.0. The van der Waals surface area contributed by atoms with Gasteiger partial charge in [-0.25, -0.2) is 9.78 Å². The number of carbonyl (C=O) groups is 1. The zero-order valence-corrected chi connectivity index (χ0v) is 11.1. The van der Waals surface area contributed by atoms with E-state index in [1.165, 1.54) is 0 Å². The predicted octanol–water partition coefficient (Wildman–Crippen LogP) is 2.73. The topological polar surface area (TPSA) is 76.2 Å². The second kappa shape index (κ2) is 4.95. The molecule has 0 saturated carbocycles. The molecule has 0 radical (unpaired) electrons. The molecular formula is C11H9BrN2O2S. The van der Waals surface area contributed by atoms with Gasteiger partial charge in [-0.1, -0.05) is 28.1 Å². The van der Waals surface area contributed by atoms with Gasteiger partial charge in [0.15, 0.2) is 0 Å². The number of aromatic carboxylic acids is 1. The standard InChI is InChI=1S/C11H9BrN2O2S/c12-7-3-1-6(2-4-7)10-14-8(5-13)9(17-10)11(15)16/h1-4H,5,13H2,(H,15,16). The Morgan fingerprint density at radius 3 is 2.53 bits per heavy atom. The fourth-order valence-electron chi connectivity index (χ4n) is 1.37. The molecule has 0 aliphatic heterocycles. The number of hydrogen-bond donors (Lipinski definition) is 2. The summed E-state index contributed by atoms with van der Waals surface area (Å²) in [4.78, 5) is 15.4. The number of thiazole rings is 1. The van der Waals surface area contributed by atoms with Crippen LogP contribution in [-0.4, -0.2) is 16.1 Å². The minimum Gasteiger partial charge on any atom is -0.477 e. The summed E-state index contributed by atoms with van der Waals surface area (Å²) in [5.41, 5.74) is 6.80.